The molecule has 0 unspecified atom stereocenters. The average molecular weight is 392 g/mol. The first-order valence-corrected chi connectivity index (χ1v) is 10.8. The van der Waals surface area contributed by atoms with Crippen molar-refractivity contribution in [2.75, 3.05) is 26.2 Å². The molecule has 0 N–H and O–H groups in total. The minimum Gasteiger partial charge on any atom is -0.444 e. The Labute approximate surface area is 162 Å². The van der Waals surface area contributed by atoms with Crippen LogP contribution in [0, 0.1) is 13.8 Å². The van der Waals surface area contributed by atoms with E-state index in [0.29, 0.717) is 43.5 Å². The molecular formula is C20H29N3O3S. The van der Waals surface area contributed by atoms with E-state index in [2.05, 4.69) is 30.7 Å². The van der Waals surface area contributed by atoms with Crippen LogP contribution >= 0.6 is 0 Å². The largest absolute Gasteiger partial charge is 0.444 e. The number of nitrogens with zero attached hydrogens (tertiary/aromatic N) is 3. The van der Waals surface area contributed by atoms with Crippen LogP contribution in [0.15, 0.2) is 33.7 Å². The van der Waals surface area contributed by atoms with Crippen molar-refractivity contribution in [2.24, 2.45) is 0 Å². The first kappa shape index (κ1) is 20.0. The van der Waals surface area contributed by atoms with Gasteiger partial charge in [0.05, 0.1) is 17.6 Å². The molecule has 6 nitrogen and oxygen atoms in total. The number of hydrogen-bond donors (Lipinski definition) is 0. The summed E-state index contributed by atoms with van der Waals surface area (Å²) in [5, 5.41) is 0. The second-order valence-corrected chi connectivity index (χ2v) is 10.2. The van der Waals surface area contributed by atoms with Crippen molar-refractivity contribution in [3.8, 4) is 0 Å². The van der Waals surface area contributed by atoms with Gasteiger partial charge in [-0.3, -0.25) is 4.90 Å². The molecule has 0 aliphatic carbocycles. The fraction of sp³-hybridized carbons (Fsp3) is 0.550. The number of rotatable bonds is 4. The maximum absolute atomic E-state index is 12.9. The monoisotopic (exact) mass is 391 g/mol. The molecule has 2 aromatic rings. The summed E-state index contributed by atoms with van der Waals surface area (Å²) >= 11 is 0. The molecule has 0 spiro atoms. The van der Waals surface area contributed by atoms with E-state index in [1.54, 1.807) is 22.6 Å². The van der Waals surface area contributed by atoms with Gasteiger partial charge in [-0.1, -0.05) is 26.8 Å². The van der Waals surface area contributed by atoms with Crippen molar-refractivity contribution in [2.45, 2.75) is 51.5 Å². The molecule has 1 aromatic carbocycles. The lowest BCUT2D eigenvalue weighted by molar-refractivity contribution is 0.166. The van der Waals surface area contributed by atoms with Gasteiger partial charge < -0.3 is 4.42 Å². The first-order valence-electron chi connectivity index (χ1n) is 9.32. The highest BCUT2D eigenvalue weighted by atomic mass is 32.2. The van der Waals surface area contributed by atoms with E-state index < -0.39 is 10.0 Å². The first-order chi connectivity index (χ1) is 12.6. The van der Waals surface area contributed by atoms with Crippen LogP contribution in [-0.2, 0) is 22.0 Å². The molecule has 0 amide bonds. The predicted molar refractivity (Wildman–Crippen MR) is 105 cm³/mol. The SMILES string of the molecule is Cc1ccc(S(=O)(=O)N2CCN(Cc3ncc(C(C)(C)C)o3)CC2)cc1C. The van der Waals surface area contributed by atoms with Gasteiger partial charge in [0.2, 0.25) is 15.9 Å². The number of benzene rings is 1. The normalized spacial score (nSPS) is 17.4. The number of aromatic nitrogens is 1. The number of piperazine rings is 1. The summed E-state index contributed by atoms with van der Waals surface area (Å²) in [6, 6.07) is 5.33. The highest BCUT2D eigenvalue weighted by molar-refractivity contribution is 7.89. The van der Waals surface area contributed by atoms with Gasteiger partial charge in [0, 0.05) is 31.6 Å². The van der Waals surface area contributed by atoms with Gasteiger partial charge >= 0.3 is 0 Å². The van der Waals surface area contributed by atoms with Crippen molar-refractivity contribution in [3.05, 3.63) is 47.2 Å². The molecule has 1 aliphatic rings. The fourth-order valence-electron chi connectivity index (χ4n) is 3.07. The molecule has 27 heavy (non-hydrogen) atoms. The molecule has 1 aliphatic heterocycles. The Hall–Kier alpha value is -1.70. The Bertz CT molecular complexity index is 905. The van der Waals surface area contributed by atoms with Crippen LogP contribution in [0.25, 0.3) is 0 Å². The van der Waals surface area contributed by atoms with Gasteiger partial charge in [-0.05, 0) is 37.1 Å². The summed E-state index contributed by atoms with van der Waals surface area (Å²) < 4.78 is 33.2. The lowest BCUT2D eigenvalue weighted by atomic mass is 9.94. The molecule has 148 valence electrons. The van der Waals surface area contributed by atoms with E-state index >= 15 is 0 Å². The highest BCUT2D eigenvalue weighted by Crippen LogP contribution is 2.24. The van der Waals surface area contributed by atoms with Gasteiger partial charge in [-0.25, -0.2) is 13.4 Å². The summed E-state index contributed by atoms with van der Waals surface area (Å²) in [5.74, 6) is 1.55. The molecule has 0 saturated carbocycles. The molecule has 0 radical (unpaired) electrons. The third kappa shape index (κ3) is 4.42. The lowest BCUT2D eigenvalue weighted by Gasteiger charge is -2.33. The zero-order valence-corrected chi connectivity index (χ0v) is 17.6. The van der Waals surface area contributed by atoms with E-state index in [4.69, 9.17) is 4.42 Å². The smallest absolute Gasteiger partial charge is 0.243 e. The summed E-state index contributed by atoms with van der Waals surface area (Å²) in [5.41, 5.74) is 2.03. The van der Waals surface area contributed by atoms with Crippen LogP contribution in [0.1, 0.15) is 43.5 Å². The van der Waals surface area contributed by atoms with E-state index in [-0.39, 0.29) is 5.41 Å². The van der Waals surface area contributed by atoms with Crippen LogP contribution in [0.5, 0.6) is 0 Å². The van der Waals surface area contributed by atoms with Gasteiger partial charge in [0.25, 0.3) is 0 Å². The highest BCUT2D eigenvalue weighted by Gasteiger charge is 2.29. The van der Waals surface area contributed by atoms with Crippen LogP contribution < -0.4 is 0 Å². The summed E-state index contributed by atoms with van der Waals surface area (Å²) in [6.07, 6.45) is 1.79. The van der Waals surface area contributed by atoms with E-state index in [0.717, 1.165) is 16.9 Å². The minimum atomic E-state index is -3.45. The lowest BCUT2D eigenvalue weighted by Crippen LogP contribution is -2.48. The molecule has 3 rings (SSSR count). The van der Waals surface area contributed by atoms with Crippen LogP contribution in [0.2, 0.25) is 0 Å². The van der Waals surface area contributed by atoms with Crippen LogP contribution in [0.3, 0.4) is 0 Å². The summed E-state index contributed by atoms with van der Waals surface area (Å²) in [6.45, 7) is 13.1. The van der Waals surface area contributed by atoms with Crippen LogP contribution in [-0.4, -0.2) is 48.8 Å². The third-order valence-corrected chi connectivity index (χ3v) is 6.99. The summed E-state index contributed by atoms with van der Waals surface area (Å²) in [4.78, 5) is 6.93. The molecule has 7 heteroatoms. The molecule has 2 heterocycles. The fourth-order valence-corrected chi connectivity index (χ4v) is 4.58. The van der Waals surface area contributed by atoms with Crippen LogP contribution in [0.4, 0.5) is 0 Å². The minimum absolute atomic E-state index is 0.0653. The van der Waals surface area contributed by atoms with Gasteiger partial charge in [-0.2, -0.15) is 4.31 Å². The Kier molecular flexibility index (Phi) is 5.47. The number of oxazole rings is 1. The standard InChI is InChI=1S/C20H29N3O3S/c1-15-6-7-17(12-16(15)2)27(24,25)23-10-8-22(9-11-23)14-19-21-13-18(26-19)20(3,4)5/h6-7,12-13H,8-11,14H2,1-5H3. The molecule has 0 atom stereocenters. The van der Waals surface area contributed by atoms with Gasteiger partial charge in [0.15, 0.2) is 0 Å². The van der Waals surface area contributed by atoms with E-state index in [9.17, 15) is 8.42 Å². The van der Waals surface area contributed by atoms with Gasteiger partial charge in [0.1, 0.15) is 5.76 Å². The predicted octanol–water partition coefficient (Wildman–Crippen LogP) is 3.10. The van der Waals surface area contributed by atoms with Crippen molar-refractivity contribution in [3.63, 3.8) is 0 Å². The Balaban J connectivity index is 1.63. The molecule has 0 bridgehead atoms. The Morgan fingerprint density at radius 1 is 1.07 bits per heavy atom. The van der Waals surface area contributed by atoms with E-state index in [1.807, 2.05) is 19.9 Å². The van der Waals surface area contributed by atoms with Crippen molar-refractivity contribution < 1.29 is 12.8 Å². The maximum Gasteiger partial charge on any atom is 0.243 e. The molecule has 1 aromatic heterocycles. The average Bonchev–Trinajstić information content (AvgIpc) is 3.06. The number of hydrogen-bond acceptors (Lipinski definition) is 5. The number of aryl methyl sites for hydroxylation is 2. The van der Waals surface area contributed by atoms with Gasteiger partial charge in [-0.15, -0.1) is 0 Å². The topological polar surface area (TPSA) is 66.7 Å². The molecule has 1 saturated heterocycles. The van der Waals surface area contributed by atoms with Crippen molar-refractivity contribution >= 4 is 10.0 Å². The Morgan fingerprint density at radius 3 is 2.30 bits per heavy atom. The van der Waals surface area contributed by atoms with Crippen molar-refractivity contribution in [1.29, 1.82) is 0 Å². The second kappa shape index (κ2) is 7.37. The zero-order valence-electron chi connectivity index (χ0n) is 16.8. The summed E-state index contributed by atoms with van der Waals surface area (Å²) in [7, 11) is -3.45. The second-order valence-electron chi connectivity index (χ2n) is 8.29. The zero-order chi connectivity index (χ0) is 19.8. The maximum atomic E-state index is 12.9. The number of sulfonamides is 1. The molecular weight excluding hydrogens is 362 g/mol. The third-order valence-electron chi connectivity index (χ3n) is 5.10. The molecule has 1 fully saturated rings. The quantitative estimate of drug-likeness (QED) is 0.801. The van der Waals surface area contributed by atoms with Crippen molar-refractivity contribution in [1.82, 2.24) is 14.2 Å². The Morgan fingerprint density at radius 2 is 1.74 bits per heavy atom. The van der Waals surface area contributed by atoms with E-state index in [1.165, 1.54) is 0 Å².